The smallest absolute Gasteiger partial charge is 0.223 e. The summed E-state index contributed by atoms with van der Waals surface area (Å²) in [6.07, 6.45) is 0.831. The topological polar surface area (TPSA) is 108 Å². The van der Waals surface area contributed by atoms with Gasteiger partial charge in [0.25, 0.3) is 0 Å². The molecule has 0 saturated carbocycles. The van der Waals surface area contributed by atoms with Crippen LogP contribution < -0.4 is 5.32 Å². The molecule has 0 rings (SSSR count). The summed E-state index contributed by atoms with van der Waals surface area (Å²) in [4.78, 5) is 48.4. The van der Waals surface area contributed by atoms with Gasteiger partial charge in [0.2, 0.25) is 5.91 Å². The second-order valence-electron chi connectivity index (χ2n) is 10.2. The Morgan fingerprint density at radius 2 is 0.853 bits per heavy atom. The van der Waals surface area contributed by atoms with Crippen LogP contribution in [0.25, 0.3) is 0 Å². The summed E-state index contributed by atoms with van der Waals surface area (Å²) in [5.41, 5.74) is -1.01. The lowest BCUT2D eigenvalue weighted by Crippen LogP contribution is -2.59. The van der Waals surface area contributed by atoms with Gasteiger partial charge >= 0.3 is 0 Å². The van der Waals surface area contributed by atoms with Crippen molar-refractivity contribution in [1.82, 2.24) is 5.32 Å². The van der Waals surface area contributed by atoms with Crippen molar-refractivity contribution in [2.45, 2.75) is 80.2 Å². The number of ether oxygens (including phenoxy) is 3. The van der Waals surface area contributed by atoms with Crippen LogP contribution in [0.3, 0.4) is 0 Å². The number of Topliss-reactive ketones (excluding diaryl/α,β-unsaturated/α-hetero) is 3. The summed E-state index contributed by atoms with van der Waals surface area (Å²) >= 11 is 0. The average Bonchev–Trinajstić information content (AvgIpc) is 2.76. The van der Waals surface area contributed by atoms with Gasteiger partial charge < -0.3 is 19.5 Å². The van der Waals surface area contributed by atoms with Gasteiger partial charge in [-0.3, -0.25) is 19.2 Å². The summed E-state index contributed by atoms with van der Waals surface area (Å²) in [6.45, 7) is 15.5. The fourth-order valence-electron chi connectivity index (χ4n) is 2.83. The zero-order valence-electron chi connectivity index (χ0n) is 22.5. The molecule has 0 aliphatic rings. The number of amides is 1. The molecule has 0 fully saturated rings. The van der Waals surface area contributed by atoms with Gasteiger partial charge in [-0.05, 0) is 0 Å². The molecule has 0 aromatic rings. The van der Waals surface area contributed by atoms with Gasteiger partial charge in [-0.1, -0.05) is 55.4 Å². The molecule has 34 heavy (non-hydrogen) atoms. The van der Waals surface area contributed by atoms with Crippen LogP contribution in [0, 0.1) is 23.7 Å². The van der Waals surface area contributed by atoms with E-state index in [2.05, 4.69) is 5.32 Å². The van der Waals surface area contributed by atoms with E-state index in [-0.39, 0.29) is 106 Å². The number of carbonyl (C=O) groups excluding carboxylic acids is 4. The quantitative estimate of drug-likeness (QED) is 0.263. The van der Waals surface area contributed by atoms with E-state index in [0.717, 1.165) is 0 Å². The highest BCUT2D eigenvalue weighted by atomic mass is 16.5. The van der Waals surface area contributed by atoms with Crippen LogP contribution in [0.15, 0.2) is 0 Å². The fraction of sp³-hybridized carbons (Fsp3) is 0.846. The Labute approximate surface area is 205 Å². The van der Waals surface area contributed by atoms with Crippen LogP contribution in [-0.4, -0.2) is 68.4 Å². The number of hydrogen-bond acceptors (Lipinski definition) is 7. The summed E-state index contributed by atoms with van der Waals surface area (Å²) < 4.78 is 17.4. The Kier molecular flexibility index (Phi) is 16.1. The first-order chi connectivity index (χ1) is 15.8. The second kappa shape index (κ2) is 16.9. The number of rotatable bonds is 20. The molecule has 0 radical (unpaired) electrons. The van der Waals surface area contributed by atoms with E-state index >= 15 is 0 Å². The lowest BCUT2D eigenvalue weighted by atomic mass is 10.0. The number of hydrogen-bond donors (Lipinski definition) is 1. The van der Waals surface area contributed by atoms with E-state index in [1.807, 2.05) is 41.5 Å². The predicted octanol–water partition coefficient (Wildman–Crippen LogP) is 3.39. The van der Waals surface area contributed by atoms with Gasteiger partial charge in [0.15, 0.2) is 0 Å². The summed E-state index contributed by atoms with van der Waals surface area (Å²) in [6, 6.07) is 0. The molecular formula is C26H47NO7. The third kappa shape index (κ3) is 13.9. The van der Waals surface area contributed by atoms with Crippen LogP contribution >= 0.6 is 0 Å². The van der Waals surface area contributed by atoms with Crippen LogP contribution in [0.4, 0.5) is 0 Å². The van der Waals surface area contributed by atoms with Gasteiger partial charge in [-0.25, -0.2) is 0 Å². The predicted molar refractivity (Wildman–Crippen MR) is 132 cm³/mol. The van der Waals surface area contributed by atoms with Gasteiger partial charge in [0.1, 0.15) is 22.9 Å². The molecule has 1 N–H and O–H groups in total. The highest BCUT2D eigenvalue weighted by molar-refractivity contribution is 5.81. The fourth-order valence-corrected chi connectivity index (χ4v) is 2.83. The van der Waals surface area contributed by atoms with Crippen molar-refractivity contribution in [2.75, 3.05) is 39.6 Å². The highest BCUT2D eigenvalue weighted by Gasteiger charge is 2.34. The number of nitrogens with one attached hydrogen (secondary N) is 1. The van der Waals surface area contributed by atoms with Crippen molar-refractivity contribution in [3.05, 3.63) is 0 Å². The largest absolute Gasteiger partial charge is 0.378 e. The molecule has 8 nitrogen and oxygen atoms in total. The van der Waals surface area contributed by atoms with Crippen molar-refractivity contribution in [2.24, 2.45) is 23.7 Å². The molecule has 8 heteroatoms. The first kappa shape index (κ1) is 32.4. The molecule has 0 spiro atoms. The monoisotopic (exact) mass is 485 g/mol. The molecule has 0 heterocycles. The standard InChI is InChI=1S/C26H47NO7/c1-18(2)22(28)9-12-32-15-26(27-25(31)21(7)8,16-33-13-10-23(29)19(3)4)17-34-14-11-24(30)20(5)6/h18-21H,9-17H2,1-8H3,(H,27,31). The SMILES string of the molecule is CC(C)C(=O)CCOCC(COCCC(=O)C(C)C)(COCCC(=O)C(C)C)NC(=O)C(C)C. The van der Waals surface area contributed by atoms with Gasteiger partial charge in [-0.15, -0.1) is 0 Å². The van der Waals surface area contributed by atoms with Crippen LogP contribution in [0.1, 0.15) is 74.7 Å². The average molecular weight is 486 g/mol. The van der Waals surface area contributed by atoms with Crippen molar-refractivity contribution in [1.29, 1.82) is 0 Å². The molecule has 0 atom stereocenters. The molecule has 0 saturated heterocycles. The minimum atomic E-state index is -1.01. The number of ketones is 3. The normalized spacial score (nSPS) is 12.1. The Morgan fingerprint density at radius 1 is 0.559 bits per heavy atom. The summed E-state index contributed by atoms with van der Waals surface area (Å²) in [7, 11) is 0. The van der Waals surface area contributed by atoms with Crippen molar-refractivity contribution < 1.29 is 33.4 Å². The van der Waals surface area contributed by atoms with E-state index in [1.165, 1.54) is 0 Å². The Balaban J connectivity index is 5.30. The molecule has 0 aliphatic heterocycles. The lowest BCUT2D eigenvalue weighted by Gasteiger charge is -2.35. The summed E-state index contributed by atoms with van der Waals surface area (Å²) in [5, 5.41) is 2.99. The van der Waals surface area contributed by atoms with E-state index < -0.39 is 5.54 Å². The minimum Gasteiger partial charge on any atom is -0.378 e. The van der Waals surface area contributed by atoms with Crippen LogP contribution in [0.2, 0.25) is 0 Å². The van der Waals surface area contributed by atoms with Crippen molar-refractivity contribution >= 4 is 23.3 Å². The minimum absolute atomic E-state index is 0.0716. The lowest BCUT2D eigenvalue weighted by molar-refractivity contribution is -0.133. The highest BCUT2D eigenvalue weighted by Crippen LogP contribution is 2.13. The Morgan fingerprint density at radius 3 is 1.09 bits per heavy atom. The summed E-state index contributed by atoms with van der Waals surface area (Å²) in [5.74, 6) is -0.374. The van der Waals surface area contributed by atoms with Crippen molar-refractivity contribution in [3.8, 4) is 0 Å². The maximum atomic E-state index is 12.6. The van der Waals surface area contributed by atoms with Crippen LogP contribution in [-0.2, 0) is 33.4 Å². The maximum absolute atomic E-state index is 12.6. The molecule has 0 aromatic heterocycles. The first-order valence-electron chi connectivity index (χ1n) is 12.4. The zero-order valence-corrected chi connectivity index (χ0v) is 22.5. The van der Waals surface area contributed by atoms with Gasteiger partial charge in [0, 0.05) is 42.9 Å². The molecule has 0 unspecified atom stereocenters. The molecule has 0 aliphatic carbocycles. The maximum Gasteiger partial charge on any atom is 0.223 e. The van der Waals surface area contributed by atoms with E-state index in [4.69, 9.17) is 14.2 Å². The van der Waals surface area contributed by atoms with E-state index in [0.29, 0.717) is 0 Å². The number of carbonyl (C=O) groups is 4. The molecule has 0 aromatic carbocycles. The molecule has 1 amide bonds. The van der Waals surface area contributed by atoms with Gasteiger partial charge in [-0.2, -0.15) is 0 Å². The second-order valence-corrected chi connectivity index (χ2v) is 10.2. The van der Waals surface area contributed by atoms with E-state index in [9.17, 15) is 19.2 Å². The van der Waals surface area contributed by atoms with Crippen molar-refractivity contribution in [3.63, 3.8) is 0 Å². The molecule has 198 valence electrons. The van der Waals surface area contributed by atoms with Crippen LogP contribution in [0.5, 0.6) is 0 Å². The Bertz CT molecular complexity index is 572. The molecule has 0 bridgehead atoms. The zero-order chi connectivity index (χ0) is 26.3. The Hall–Kier alpha value is -1.64. The molecular weight excluding hydrogens is 438 g/mol. The van der Waals surface area contributed by atoms with E-state index in [1.54, 1.807) is 13.8 Å². The third-order valence-corrected chi connectivity index (χ3v) is 5.46. The third-order valence-electron chi connectivity index (χ3n) is 5.46. The first-order valence-corrected chi connectivity index (χ1v) is 12.4. The van der Waals surface area contributed by atoms with Gasteiger partial charge in [0.05, 0.1) is 39.6 Å².